The van der Waals surface area contributed by atoms with Gasteiger partial charge in [0, 0.05) is 6.04 Å². The minimum Gasteiger partial charge on any atom is -0.323 e. The fraction of sp³-hybridized carbons (Fsp3) is 0.571. The summed E-state index contributed by atoms with van der Waals surface area (Å²) < 4.78 is 0. The number of hydrogen-bond donors (Lipinski definition) is 1. The van der Waals surface area contributed by atoms with E-state index in [0.29, 0.717) is 5.41 Å². The van der Waals surface area contributed by atoms with Gasteiger partial charge >= 0.3 is 0 Å². The van der Waals surface area contributed by atoms with Gasteiger partial charge in [0.1, 0.15) is 0 Å². The van der Waals surface area contributed by atoms with Crippen molar-refractivity contribution < 1.29 is 0 Å². The zero-order chi connectivity index (χ0) is 10.9. The molecule has 0 aromatic heterocycles. The molecule has 1 aliphatic carbocycles. The van der Waals surface area contributed by atoms with E-state index in [0.717, 1.165) is 0 Å². The van der Waals surface area contributed by atoms with Crippen LogP contribution >= 0.6 is 0 Å². The van der Waals surface area contributed by atoms with Gasteiger partial charge in [0.2, 0.25) is 0 Å². The lowest BCUT2D eigenvalue weighted by molar-refractivity contribution is 0.451. The summed E-state index contributed by atoms with van der Waals surface area (Å²) in [6, 6.07) is 9.10. The van der Waals surface area contributed by atoms with Crippen molar-refractivity contribution in [3.8, 4) is 0 Å². The van der Waals surface area contributed by atoms with E-state index in [1.54, 1.807) is 0 Å². The van der Waals surface area contributed by atoms with Gasteiger partial charge in [-0.1, -0.05) is 44.5 Å². The summed E-state index contributed by atoms with van der Waals surface area (Å²) >= 11 is 0. The van der Waals surface area contributed by atoms with Crippen molar-refractivity contribution in [3.05, 3.63) is 35.4 Å². The normalized spacial score (nSPS) is 19.9. The predicted molar refractivity (Wildman–Crippen MR) is 64.7 cm³/mol. The summed E-state index contributed by atoms with van der Waals surface area (Å²) in [6.45, 7) is 4.50. The number of rotatable bonds is 4. The van der Waals surface area contributed by atoms with Crippen LogP contribution in [-0.2, 0) is 6.42 Å². The van der Waals surface area contributed by atoms with E-state index in [1.807, 2.05) is 0 Å². The van der Waals surface area contributed by atoms with Gasteiger partial charge in [0.15, 0.2) is 0 Å². The molecule has 0 aliphatic heterocycles. The predicted octanol–water partition coefficient (Wildman–Crippen LogP) is 3.44. The molecule has 2 rings (SSSR count). The second kappa shape index (κ2) is 3.97. The van der Waals surface area contributed by atoms with Gasteiger partial charge in [-0.3, -0.25) is 0 Å². The Morgan fingerprint density at radius 1 is 1.27 bits per heavy atom. The molecule has 2 N–H and O–H groups in total. The maximum Gasteiger partial charge on any atom is 0.0349 e. The van der Waals surface area contributed by atoms with Crippen LogP contribution in [0.5, 0.6) is 0 Å². The summed E-state index contributed by atoms with van der Waals surface area (Å²) in [5.74, 6) is 0. The summed E-state index contributed by atoms with van der Waals surface area (Å²) in [6.07, 6.45) is 4.95. The second-order valence-electron chi connectivity index (χ2n) is 5.12. The molecule has 0 heterocycles. The summed E-state index contributed by atoms with van der Waals surface area (Å²) in [5, 5.41) is 0. The molecule has 1 saturated carbocycles. The van der Waals surface area contributed by atoms with Gasteiger partial charge in [-0.2, -0.15) is 0 Å². The third-order valence-corrected chi connectivity index (χ3v) is 3.67. The van der Waals surface area contributed by atoms with Crippen LogP contribution in [-0.4, -0.2) is 0 Å². The topological polar surface area (TPSA) is 26.0 Å². The Bertz CT molecular complexity index is 322. The lowest BCUT2D eigenvalue weighted by atomic mass is 9.92. The Morgan fingerprint density at radius 2 is 1.87 bits per heavy atom. The van der Waals surface area contributed by atoms with E-state index in [1.165, 1.54) is 36.8 Å². The second-order valence-corrected chi connectivity index (χ2v) is 5.12. The molecule has 1 aromatic rings. The first kappa shape index (κ1) is 10.7. The molecule has 0 amide bonds. The molecule has 1 unspecified atom stereocenters. The highest BCUT2D eigenvalue weighted by Crippen LogP contribution is 2.53. The van der Waals surface area contributed by atoms with Crippen LogP contribution in [0.3, 0.4) is 0 Å². The maximum absolute atomic E-state index is 6.26. The molecular weight excluding hydrogens is 182 g/mol. The largest absolute Gasteiger partial charge is 0.323 e. The van der Waals surface area contributed by atoms with Gasteiger partial charge in [-0.15, -0.1) is 0 Å². The molecule has 1 aromatic carbocycles. The van der Waals surface area contributed by atoms with Crippen LogP contribution in [0.2, 0.25) is 0 Å². The van der Waals surface area contributed by atoms with Gasteiger partial charge in [0.25, 0.3) is 0 Å². The van der Waals surface area contributed by atoms with E-state index in [9.17, 15) is 0 Å². The van der Waals surface area contributed by atoms with Crippen molar-refractivity contribution >= 4 is 0 Å². The first-order valence-electron chi connectivity index (χ1n) is 6.00. The van der Waals surface area contributed by atoms with Crippen LogP contribution in [0, 0.1) is 5.41 Å². The Labute approximate surface area is 92.7 Å². The lowest BCUT2D eigenvalue weighted by Gasteiger charge is -2.19. The van der Waals surface area contributed by atoms with Crippen LogP contribution in [0.1, 0.15) is 50.3 Å². The molecule has 0 spiro atoms. The average Bonchev–Trinajstić information content (AvgIpc) is 2.99. The van der Waals surface area contributed by atoms with Crippen molar-refractivity contribution in [2.24, 2.45) is 11.1 Å². The Kier molecular flexibility index (Phi) is 2.83. The number of aryl methyl sites for hydroxylation is 1. The highest BCUT2D eigenvalue weighted by Gasteiger charge is 2.43. The lowest BCUT2D eigenvalue weighted by Crippen LogP contribution is -2.19. The Morgan fingerprint density at radius 3 is 2.33 bits per heavy atom. The SMILES string of the molecule is CCCc1ccc(C(N)C2(C)CC2)cc1. The van der Waals surface area contributed by atoms with Crippen molar-refractivity contribution in [2.45, 2.75) is 45.6 Å². The van der Waals surface area contributed by atoms with Crippen LogP contribution in [0.4, 0.5) is 0 Å². The first-order valence-corrected chi connectivity index (χ1v) is 6.00. The molecule has 15 heavy (non-hydrogen) atoms. The van der Waals surface area contributed by atoms with Gasteiger partial charge in [-0.05, 0) is 35.8 Å². The molecule has 1 nitrogen and oxygen atoms in total. The van der Waals surface area contributed by atoms with Crippen LogP contribution in [0.15, 0.2) is 24.3 Å². The number of hydrogen-bond acceptors (Lipinski definition) is 1. The fourth-order valence-corrected chi connectivity index (χ4v) is 2.09. The summed E-state index contributed by atoms with van der Waals surface area (Å²) in [4.78, 5) is 0. The summed E-state index contributed by atoms with van der Waals surface area (Å²) in [7, 11) is 0. The molecule has 1 atom stereocenters. The zero-order valence-corrected chi connectivity index (χ0v) is 9.79. The molecule has 0 radical (unpaired) electrons. The molecule has 1 aliphatic rings. The minimum atomic E-state index is 0.230. The van der Waals surface area contributed by atoms with Crippen molar-refractivity contribution in [1.82, 2.24) is 0 Å². The monoisotopic (exact) mass is 203 g/mol. The smallest absolute Gasteiger partial charge is 0.0349 e. The van der Waals surface area contributed by atoms with Gasteiger partial charge in [-0.25, -0.2) is 0 Å². The van der Waals surface area contributed by atoms with E-state index in [2.05, 4.69) is 38.1 Å². The zero-order valence-electron chi connectivity index (χ0n) is 9.79. The third-order valence-electron chi connectivity index (χ3n) is 3.67. The van der Waals surface area contributed by atoms with E-state index in [4.69, 9.17) is 5.73 Å². The van der Waals surface area contributed by atoms with Crippen LogP contribution < -0.4 is 5.73 Å². The summed E-state index contributed by atoms with van der Waals surface area (Å²) in [5.41, 5.74) is 9.37. The molecule has 0 bridgehead atoms. The Hall–Kier alpha value is -0.820. The van der Waals surface area contributed by atoms with E-state index in [-0.39, 0.29) is 6.04 Å². The molecule has 0 saturated heterocycles. The molecular formula is C14H21N. The first-order chi connectivity index (χ1) is 7.15. The number of nitrogens with two attached hydrogens (primary N) is 1. The highest BCUT2D eigenvalue weighted by molar-refractivity contribution is 5.27. The third kappa shape index (κ3) is 2.23. The van der Waals surface area contributed by atoms with Crippen molar-refractivity contribution in [1.29, 1.82) is 0 Å². The Balaban J connectivity index is 2.09. The van der Waals surface area contributed by atoms with E-state index < -0.39 is 0 Å². The number of benzene rings is 1. The minimum absolute atomic E-state index is 0.230. The van der Waals surface area contributed by atoms with Gasteiger partial charge < -0.3 is 5.73 Å². The van der Waals surface area contributed by atoms with E-state index >= 15 is 0 Å². The molecule has 1 fully saturated rings. The van der Waals surface area contributed by atoms with Crippen molar-refractivity contribution in [3.63, 3.8) is 0 Å². The standard InChI is InChI=1S/C14H21N/c1-3-4-11-5-7-12(8-6-11)13(15)14(2)9-10-14/h5-8,13H,3-4,9-10,15H2,1-2H3. The van der Waals surface area contributed by atoms with Crippen molar-refractivity contribution in [2.75, 3.05) is 0 Å². The molecule has 1 heteroatoms. The van der Waals surface area contributed by atoms with Gasteiger partial charge in [0.05, 0.1) is 0 Å². The maximum atomic E-state index is 6.26. The highest BCUT2D eigenvalue weighted by atomic mass is 14.7. The quantitative estimate of drug-likeness (QED) is 0.797. The molecule has 82 valence electrons. The average molecular weight is 203 g/mol. The van der Waals surface area contributed by atoms with Crippen LogP contribution in [0.25, 0.3) is 0 Å². The fourth-order valence-electron chi connectivity index (χ4n) is 2.09.